The summed E-state index contributed by atoms with van der Waals surface area (Å²) in [4.78, 5) is 26.9. The molecule has 2 heterocycles. The van der Waals surface area contributed by atoms with Crippen LogP contribution in [0.2, 0.25) is 0 Å². The van der Waals surface area contributed by atoms with Crippen LogP contribution in [0.25, 0.3) is 0 Å². The van der Waals surface area contributed by atoms with Crippen LogP contribution in [0.1, 0.15) is 16.7 Å². The van der Waals surface area contributed by atoms with Gasteiger partial charge in [-0.25, -0.2) is 14.3 Å². The average molecular weight is 352 g/mol. The first-order chi connectivity index (χ1) is 12.4. The van der Waals surface area contributed by atoms with E-state index >= 15 is 0 Å². The molecular weight excluding hydrogens is 335 g/mol. The Morgan fingerprint density at radius 3 is 2.27 bits per heavy atom. The second-order valence-electron chi connectivity index (χ2n) is 6.73. The molecule has 0 aliphatic carbocycles. The van der Waals surface area contributed by atoms with Crippen molar-refractivity contribution in [3.8, 4) is 0 Å². The van der Waals surface area contributed by atoms with Crippen molar-refractivity contribution in [3.05, 3.63) is 58.9 Å². The maximum atomic E-state index is 13.9. The normalized spacial score (nSPS) is 21.7. The number of rotatable bonds is 2. The molecule has 0 radical (unpaired) electrons. The second-order valence-corrected chi connectivity index (χ2v) is 6.73. The second kappa shape index (κ2) is 5.72. The van der Waals surface area contributed by atoms with Gasteiger partial charge in [0.25, 0.3) is 11.8 Å². The number of fused-ring (bicyclic) bond motifs is 1. The Kier molecular flexibility index (Phi) is 3.61. The van der Waals surface area contributed by atoms with E-state index in [2.05, 4.69) is 10.3 Å². The zero-order valence-corrected chi connectivity index (χ0v) is 14.6. The minimum Gasteiger partial charge on any atom is -0.271 e. The minimum absolute atomic E-state index is 0.396. The monoisotopic (exact) mass is 352 g/mol. The molecule has 0 saturated carbocycles. The molecule has 2 aliphatic rings. The van der Waals surface area contributed by atoms with E-state index in [-0.39, 0.29) is 0 Å². The smallest absolute Gasteiger partial charge is 0.263 e. The first-order valence-corrected chi connectivity index (χ1v) is 8.29. The molecule has 132 valence electrons. The lowest BCUT2D eigenvalue weighted by Crippen LogP contribution is -2.40. The predicted molar refractivity (Wildman–Crippen MR) is 94.5 cm³/mol. The summed E-state index contributed by atoms with van der Waals surface area (Å²) in [6, 6.07) is 8.32. The van der Waals surface area contributed by atoms with Crippen LogP contribution in [0.15, 0.2) is 46.7 Å². The summed E-state index contributed by atoms with van der Waals surface area (Å²) in [7, 11) is 0. The number of benzene rings is 2. The molecular formula is C19H17FN4O2. The highest BCUT2D eigenvalue weighted by Gasteiger charge is 2.55. The van der Waals surface area contributed by atoms with Gasteiger partial charge in [0.2, 0.25) is 0 Å². The molecule has 0 bridgehead atoms. The van der Waals surface area contributed by atoms with E-state index in [0.717, 1.165) is 16.0 Å². The third-order valence-corrected chi connectivity index (χ3v) is 4.67. The maximum Gasteiger partial charge on any atom is 0.263 e. The van der Waals surface area contributed by atoms with Crippen molar-refractivity contribution >= 4 is 23.2 Å². The van der Waals surface area contributed by atoms with Crippen molar-refractivity contribution < 1.29 is 14.0 Å². The lowest BCUT2D eigenvalue weighted by atomic mass is 10.1. The Bertz CT molecular complexity index is 952. The first kappa shape index (κ1) is 16.4. The van der Waals surface area contributed by atoms with E-state index in [1.807, 2.05) is 19.9 Å². The predicted octanol–water partition coefficient (Wildman–Crippen LogP) is 3.25. The van der Waals surface area contributed by atoms with Gasteiger partial charge in [0.15, 0.2) is 12.1 Å². The van der Waals surface area contributed by atoms with E-state index in [4.69, 9.17) is 0 Å². The Morgan fingerprint density at radius 1 is 0.923 bits per heavy atom. The van der Waals surface area contributed by atoms with Gasteiger partial charge >= 0.3 is 0 Å². The molecule has 2 atom stereocenters. The molecule has 7 heteroatoms. The zero-order valence-electron chi connectivity index (χ0n) is 14.6. The third-order valence-electron chi connectivity index (χ3n) is 4.67. The number of hydrogen-bond donors (Lipinski definition) is 0. The Labute approximate surface area is 149 Å². The van der Waals surface area contributed by atoms with Gasteiger partial charge in [-0.05, 0) is 61.7 Å². The van der Waals surface area contributed by atoms with E-state index in [0.29, 0.717) is 16.9 Å². The van der Waals surface area contributed by atoms with Crippen LogP contribution in [0.4, 0.5) is 15.8 Å². The molecule has 0 aromatic heterocycles. The fraction of sp³-hybridized carbons (Fsp3) is 0.263. The van der Waals surface area contributed by atoms with Crippen LogP contribution >= 0.6 is 0 Å². The fourth-order valence-corrected chi connectivity index (χ4v) is 3.43. The average Bonchev–Trinajstić information content (AvgIpc) is 3.10. The Balaban J connectivity index is 1.72. The van der Waals surface area contributed by atoms with Crippen LogP contribution in [0.5, 0.6) is 0 Å². The largest absolute Gasteiger partial charge is 0.271 e. The lowest BCUT2D eigenvalue weighted by molar-refractivity contribution is -0.121. The summed E-state index contributed by atoms with van der Waals surface area (Å²) in [5.41, 5.74) is 3.32. The standard InChI is InChI=1S/C19H17FN4O2/c1-10-6-11(2)8-14(7-10)23-18(25)16-17(19(23)26)24(22-21-16)13-5-4-12(3)15(20)9-13/h4-9,16-17H,1-3H3/t16-,17-/m1/s1. The summed E-state index contributed by atoms with van der Waals surface area (Å²) < 4.78 is 13.9. The molecule has 0 spiro atoms. The third kappa shape index (κ3) is 2.39. The molecule has 1 saturated heterocycles. The van der Waals surface area contributed by atoms with E-state index < -0.39 is 29.7 Å². The van der Waals surface area contributed by atoms with Gasteiger partial charge < -0.3 is 0 Å². The van der Waals surface area contributed by atoms with Crippen molar-refractivity contribution in [1.29, 1.82) is 0 Å². The van der Waals surface area contributed by atoms with Crippen LogP contribution in [-0.2, 0) is 9.59 Å². The summed E-state index contributed by atoms with van der Waals surface area (Å²) in [5, 5.41) is 9.25. The number of nitrogens with zero attached hydrogens (tertiary/aromatic N) is 4. The summed E-state index contributed by atoms with van der Waals surface area (Å²) in [5.74, 6) is -1.22. The maximum absolute atomic E-state index is 13.9. The molecule has 6 nitrogen and oxygen atoms in total. The molecule has 2 aromatic rings. The number of amides is 2. The molecule has 0 N–H and O–H groups in total. The number of hydrogen-bond acceptors (Lipinski definition) is 5. The van der Waals surface area contributed by atoms with Crippen molar-refractivity contribution in [2.45, 2.75) is 32.9 Å². The zero-order chi connectivity index (χ0) is 18.6. The van der Waals surface area contributed by atoms with Crippen molar-refractivity contribution in [3.63, 3.8) is 0 Å². The Morgan fingerprint density at radius 2 is 1.62 bits per heavy atom. The van der Waals surface area contributed by atoms with Gasteiger partial charge in [0.1, 0.15) is 5.82 Å². The van der Waals surface area contributed by atoms with E-state index in [1.165, 1.54) is 11.1 Å². The van der Waals surface area contributed by atoms with Crippen LogP contribution in [-0.4, -0.2) is 23.9 Å². The highest BCUT2D eigenvalue weighted by Crippen LogP contribution is 2.35. The SMILES string of the molecule is Cc1cc(C)cc(N2C(=O)[C@@H]3N=NN(c4ccc(C)c(F)c4)[C@H]3C2=O)c1. The lowest BCUT2D eigenvalue weighted by Gasteiger charge is -2.21. The van der Waals surface area contributed by atoms with Gasteiger partial charge in [-0.1, -0.05) is 17.4 Å². The number of carbonyl (C=O) groups is 2. The van der Waals surface area contributed by atoms with Crippen molar-refractivity contribution in [1.82, 2.24) is 0 Å². The molecule has 0 unspecified atom stereocenters. The van der Waals surface area contributed by atoms with Crippen LogP contribution in [0, 0.1) is 26.6 Å². The van der Waals surface area contributed by atoms with Crippen molar-refractivity contribution in [2.75, 3.05) is 9.91 Å². The van der Waals surface area contributed by atoms with E-state index in [9.17, 15) is 14.0 Å². The topological polar surface area (TPSA) is 65.3 Å². The molecule has 2 aliphatic heterocycles. The molecule has 26 heavy (non-hydrogen) atoms. The molecule has 2 aromatic carbocycles. The summed E-state index contributed by atoms with van der Waals surface area (Å²) in [6.45, 7) is 5.46. The number of imide groups is 1. The summed E-state index contributed by atoms with van der Waals surface area (Å²) in [6.07, 6.45) is 0. The van der Waals surface area contributed by atoms with Crippen LogP contribution < -0.4 is 9.91 Å². The molecule has 1 fully saturated rings. The van der Waals surface area contributed by atoms with Gasteiger partial charge in [0, 0.05) is 0 Å². The highest BCUT2D eigenvalue weighted by atomic mass is 19.1. The van der Waals surface area contributed by atoms with Gasteiger partial charge in [0.05, 0.1) is 11.4 Å². The number of aryl methyl sites for hydroxylation is 3. The molecule has 4 rings (SSSR count). The Hall–Kier alpha value is -3.09. The van der Waals surface area contributed by atoms with Gasteiger partial charge in [-0.3, -0.25) is 9.59 Å². The van der Waals surface area contributed by atoms with Crippen LogP contribution in [0.3, 0.4) is 0 Å². The number of anilines is 2. The number of halogens is 1. The highest BCUT2D eigenvalue weighted by molar-refractivity contribution is 6.26. The summed E-state index contributed by atoms with van der Waals surface area (Å²) >= 11 is 0. The fourth-order valence-electron chi connectivity index (χ4n) is 3.43. The molecule has 2 amide bonds. The quantitative estimate of drug-likeness (QED) is 0.780. The van der Waals surface area contributed by atoms with Crippen molar-refractivity contribution in [2.24, 2.45) is 10.3 Å². The number of carbonyl (C=O) groups excluding carboxylic acids is 2. The van der Waals surface area contributed by atoms with Gasteiger partial charge in [-0.15, -0.1) is 0 Å². The van der Waals surface area contributed by atoms with E-state index in [1.54, 1.807) is 31.2 Å². The minimum atomic E-state index is -0.910. The van der Waals surface area contributed by atoms with Gasteiger partial charge in [-0.2, -0.15) is 5.11 Å². The first-order valence-electron chi connectivity index (χ1n) is 8.29.